The Hall–Kier alpha value is -1.23. The van der Waals surface area contributed by atoms with E-state index in [1.54, 1.807) is 0 Å². The van der Waals surface area contributed by atoms with Gasteiger partial charge in [0.2, 0.25) is 0 Å². The Morgan fingerprint density at radius 1 is 0.938 bits per heavy atom. The molecule has 0 aliphatic carbocycles. The normalized spacial score (nSPS) is 9.38. The van der Waals surface area contributed by atoms with Crippen LogP contribution in [0, 0.1) is 11.8 Å². The molecular weight excluding hydrogens is 284 g/mol. The van der Waals surface area contributed by atoms with Gasteiger partial charge in [-0.3, -0.25) is 0 Å². The molecule has 0 nitrogen and oxygen atoms in total. The van der Waals surface area contributed by atoms with E-state index in [9.17, 15) is 0 Å². The maximum atomic E-state index is 5.88. The van der Waals surface area contributed by atoms with Gasteiger partial charge in [0.25, 0.3) is 0 Å². The van der Waals surface area contributed by atoms with Gasteiger partial charge >= 0.3 is 0 Å². The molecule has 0 saturated heterocycles. The van der Waals surface area contributed by atoms with Crippen LogP contribution in [0.2, 0.25) is 5.02 Å². The molecule has 0 aromatic heterocycles. The molecule has 0 aliphatic heterocycles. The quantitative estimate of drug-likeness (QED) is 0.627. The zero-order chi connectivity index (χ0) is 11.4. The zero-order valence-corrected chi connectivity index (χ0v) is 10.7. The van der Waals surface area contributed by atoms with Crippen molar-refractivity contribution in [3.63, 3.8) is 0 Å². The van der Waals surface area contributed by atoms with Gasteiger partial charge in [0.05, 0.1) is 0 Å². The Morgan fingerprint density at radius 3 is 2.50 bits per heavy atom. The molecule has 2 aromatic rings. The molecule has 2 aromatic carbocycles. The third-order valence-electron chi connectivity index (χ3n) is 2.04. The van der Waals surface area contributed by atoms with Crippen LogP contribution in [0.4, 0.5) is 0 Å². The molecule has 0 N–H and O–H groups in total. The van der Waals surface area contributed by atoms with Gasteiger partial charge in [-0.2, -0.15) is 0 Å². The minimum atomic E-state index is 0.707. The molecule has 2 rings (SSSR count). The lowest BCUT2D eigenvalue weighted by Gasteiger charge is -1.94. The van der Waals surface area contributed by atoms with Crippen molar-refractivity contribution in [1.29, 1.82) is 0 Å². The summed E-state index contributed by atoms with van der Waals surface area (Å²) >= 11 is 9.34. The van der Waals surface area contributed by atoms with E-state index in [0.717, 1.165) is 15.6 Å². The smallest absolute Gasteiger partial charge is 0.0418 e. The molecule has 0 spiro atoms. The summed E-state index contributed by atoms with van der Waals surface area (Å²) < 4.78 is 1.00. The van der Waals surface area contributed by atoms with Crippen molar-refractivity contribution in [3.05, 3.63) is 69.2 Å². The molecular formula is C14H8BrCl. The topological polar surface area (TPSA) is 0 Å². The Bertz CT molecular complexity index is 564. The highest BCUT2D eigenvalue weighted by molar-refractivity contribution is 9.10. The highest BCUT2D eigenvalue weighted by atomic mass is 79.9. The highest BCUT2D eigenvalue weighted by Crippen LogP contribution is 2.15. The number of rotatable bonds is 0. The lowest BCUT2D eigenvalue weighted by atomic mass is 10.2. The molecule has 0 amide bonds. The zero-order valence-electron chi connectivity index (χ0n) is 8.37. The van der Waals surface area contributed by atoms with Crippen molar-refractivity contribution < 1.29 is 0 Å². The van der Waals surface area contributed by atoms with Crippen LogP contribution in [0.5, 0.6) is 0 Å². The van der Waals surface area contributed by atoms with Crippen molar-refractivity contribution in [2.24, 2.45) is 0 Å². The van der Waals surface area contributed by atoms with E-state index in [1.165, 1.54) is 0 Å². The van der Waals surface area contributed by atoms with E-state index in [1.807, 2.05) is 48.5 Å². The van der Waals surface area contributed by atoms with Gasteiger partial charge < -0.3 is 0 Å². The molecule has 0 atom stereocenters. The van der Waals surface area contributed by atoms with Crippen molar-refractivity contribution in [2.75, 3.05) is 0 Å². The molecule has 0 heterocycles. The van der Waals surface area contributed by atoms with Crippen molar-refractivity contribution in [3.8, 4) is 11.8 Å². The maximum Gasteiger partial charge on any atom is 0.0418 e. The minimum absolute atomic E-state index is 0.707. The summed E-state index contributed by atoms with van der Waals surface area (Å²) in [7, 11) is 0. The largest absolute Gasteiger partial charge is 0.0843 e. The van der Waals surface area contributed by atoms with Crippen LogP contribution in [0.3, 0.4) is 0 Å². The Morgan fingerprint density at radius 2 is 1.75 bits per heavy atom. The molecule has 0 aliphatic rings. The first kappa shape index (κ1) is 11.3. The first-order valence-corrected chi connectivity index (χ1v) is 5.95. The average molecular weight is 292 g/mol. The van der Waals surface area contributed by atoms with Gasteiger partial charge in [-0.1, -0.05) is 41.6 Å². The van der Waals surface area contributed by atoms with E-state index < -0.39 is 0 Å². The van der Waals surface area contributed by atoms with Crippen molar-refractivity contribution >= 4 is 27.5 Å². The summed E-state index contributed by atoms with van der Waals surface area (Å²) in [4.78, 5) is 0. The van der Waals surface area contributed by atoms with Gasteiger partial charge in [-0.15, -0.1) is 0 Å². The number of hydrogen-bond donors (Lipinski definition) is 0. The maximum absolute atomic E-state index is 5.88. The predicted octanol–water partition coefficient (Wildman–Crippen LogP) is 4.50. The first-order chi connectivity index (χ1) is 7.75. The van der Waals surface area contributed by atoms with Crippen LogP contribution in [-0.4, -0.2) is 0 Å². The van der Waals surface area contributed by atoms with Crippen LogP contribution in [0.1, 0.15) is 11.1 Å². The third kappa shape index (κ3) is 2.88. The number of hydrogen-bond acceptors (Lipinski definition) is 0. The van der Waals surface area contributed by atoms with Crippen LogP contribution in [0.15, 0.2) is 53.0 Å². The van der Waals surface area contributed by atoms with Crippen molar-refractivity contribution in [2.45, 2.75) is 0 Å². The van der Waals surface area contributed by atoms with Crippen LogP contribution < -0.4 is 0 Å². The lowest BCUT2D eigenvalue weighted by molar-refractivity contribution is 1.58. The Balaban J connectivity index is 2.32. The summed E-state index contributed by atoms with van der Waals surface area (Å²) in [6.45, 7) is 0. The molecule has 0 saturated carbocycles. The summed E-state index contributed by atoms with van der Waals surface area (Å²) in [5, 5.41) is 0.707. The van der Waals surface area contributed by atoms with Gasteiger partial charge in [0.1, 0.15) is 0 Å². The SMILES string of the molecule is Clc1cccc(C#Cc2ccccc2Br)c1. The van der Waals surface area contributed by atoms with E-state index >= 15 is 0 Å². The van der Waals surface area contributed by atoms with Gasteiger partial charge in [0, 0.05) is 20.6 Å². The molecule has 0 bridgehead atoms. The molecule has 16 heavy (non-hydrogen) atoms. The summed E-state index contributed by atoms with van der Waals surface area (Å²) in [6, 6.07) is 15.4. The molecule has 0 radical (unpaired) electrons. The second-order valence-electron chi connectivity index (χ2n) is 3.24. The number of halogens is 2. The van der Waals surface area contributed by atoms with E-state index in [0.29, 0.717) is 5.02 Å². The van der Waals surface area contributed by atoms with Gasteiger partial charge in [-0.05, 0) is 46.3 Å². The fourth-order valence-corrected chi connectivity index (χ4v) is 1.84. The monoisotopic (exact) mass is 290 g/mol. The molecule has 0 fully saturated rings. The summed E-state index contributed by atoms with van der Waals surface area (Å²) in [5.74, 6) is 6.18. The van der Waals surface area contributed by atoms with E-state index in [-0.39, 0.29) is 0 Å². The minimum Gasteiger partial charge on any atom is -0.0843 e. The summed E-state index contributed by atoms with van der Waals surface area (Å²) in [5.41, 5.74) is 1.89. The fraction of sp³-hybridized carbons (Fsp3) is 0. The summed E-state index contributed by atoms with van der Waals surface area (Å²) in [6.07, 6.45) is 0. The molecule has 78 valence electrons. The molecule has 0 unspecified atom stereocenters. The van der Waals surface area contributed by atoms with Crippen LogP contribution in [0.25, 0.3) is 0 Å². The van der Waals surface area contributed by atoms with Gasteiger partial charge in [-0.25, -0.2) is 0 Å². The first-order valence-electron chi connectivity index (χ1n) is 4.78. The predicted molar refractivity (Wildman–Crippen MR) is 71.6 cm³/mol. The van der Waals surface area contributed by atoms with Crippen LogP contribution in [-0.2, 0) is 0 Å². The van der Waals surface area contributed by atoms with E-state index in [4.69, 9.17) is 11.6 Å². The highest BCUT2D eigenvalue weighted by Gasteiger charge is 1.93. The Labute approximate surface area is 108 Å². The van der Waals surface area contributed by atoms with Crippen LogP contribution >= 0.6 is 27.5 Å². The average Bonchev–Trinajstić information content (AvgIpc) is 2.28. The van der Waals surface area contributed by atoms with Gasteiger partial charge in [0.15, 0.2) is 0 Å². The van der Waals surface area contributed by atoms with E-state index in [2.05, 4.69) is 27.8 Å². The Kier molecular flexibility index (Phi) is 3.66. The molecule has 2 heteroatoms. The standard InChI is InChI=1S/C14H8BrCl/c15-14-7-2-1-5-12(14)9-8-11-4-3-6-13(16)10-11/h1-7,10H. The number of benzene rings is 2. The fourth-order valence-electron chi connectivity index (χ4n) is 1.27. The lowest BCUT2D eigenvalue weighted by Crippen LogP contribution is -1.77. The second-order valence-corrected chi connectivity index (χ2v) is 4.53. The third-order valence-corrected chi connectivity index (χ3v) is 2.97. The van der Waals surface area contributed by atoms with Crippen molar-refractivity contribution in [1.82, 2.24) is 0 Å². The second kappa shape index (κ2) is 5.21.